The summed E-state index contributed by atoms with van der Waals surface area (Å²) in [5.74, 6) is 0.738. The number of alkyl halides is 1. The van der Waals surface area contributed by atoms with Crippen LogP contribution in [0.25, 0.3) is 10.8 Å². The first-order valence-electron chi connectivity index (χ1n) is 5.36. The molecule has 0 radical (unpaired) electrons. The third kappa shape index (κ3) is 2.15. The van der Waals surface area contributed by atoms with Crippen molar-refractivity contribution in [1.82, 2.24) is 0 Å². The molecule has 2 aromatic carbocycles. The van der Waals surface area contributed by atoms with E-state index >= 15 is 0 Å². The highest BCUT2D eigenvalue weighted by molar-refractivity contribution is 6.17. The van der Waals surface area contributed by atoms with Gasteiger partial charge in [0.1, 0.15) is 0 Å². The minimum atomic E-state index is 0.738. The molecule has 0 saturated carbocycles. The van der Waals surface area contributed by atoms with E-state index in [1.54, 1.807) is 0 Å². The van der Waals surface area contributed by atoms with Gasteiger partial charge in [-0.3, -0.25) is 0 Å². The molecule has 0 atom stereocenters. The molecule has 0 fully saturated rings. The van der Waals surface area contributed by atoms with Gasteiger partial charge in [-0.2, -0.15) is 0 Å². The second kappa shape index (κ2) is 4.67. The zero-order chi connectivity index (χ0) is 10.7. The third-order valence-electron chi connectivity index (χ3n) is 2.81. The maximum absolute atomic E-state index is 5.73. The summed E-state index contributed by atoms with van der Waals surface area (Å²) in [4.78, 5) is 0. The fourth-order valence-corrected chi connectivity index (χ4v) is 2.12. The minimum absolute atomic E-state index is 0.738. The summed E-state index contributed by atoms with van der Waals surface area (Å²) < 4.78 is 0. The van der Waals surface area contributed by atoms with Gasteiger partial charge in [0.25, 0.3) is 0 Å². The molecule has 2 rings (SSSR count). The smallest absolute Gasteiger partial charge is 0.0226 e. The van der Waals surface area contributed by atoms with Gasteiger partial charge >= 0.3 is 0 Å². The van der Waals surface area contributed by atoms with Crippen LogP contribution in [-0.4, -0.2) is 5.88 Å². The van der Waals surface area contributed by atoms with Crippen molar-refractivity contribution >= 4 is 22.4 Å². The molecule has 78 valence electrons. The van der Waals surface area contributed by atoms with E-state index in [9.17, 15) is 0 Å². The Morgan fingerprint density at radius 3 is 2.47 bits per heavy atom. The molecule has 0 aliphatic heterocycles. The largest absolute Gasteiger partial charge is 0.127 e. The lowest BCUT2D eigenvalue weighted by atomic mass is 9.98. The number of benzene rings is 2. The van der Waals surface area contributed by atoms with E-state index in [0.717, 1.165) is 18.7 Å². The van der Waals surface area contributed by atoms with Gasteiger partial charge in [-0.05, 0) is 41.7 Å². The van der Waals surface area contributed by atoms with Crippen molar-refractivity contribution in [3.05, 3.63) is 47.5 Å². The number of aryl methyl sites for hydroxylation is 2. The topological polar surface area (TPSA) is 0 Å². The van der Waals surface area contributed by atoms with Crippen LogP contribution < -0.4 is 0 Å². The SMILES string of the molecule is Cc1ccc(CCCCl)c2ccccc12. The van der Waals surface area contributed by atoms with E-state index in [2.05, 4.69) is 43.3 Å². The van der Waals surface area contributed by atoms with Crippen molar-refractivity contribution in [3.63, 3.8) is 0 Å². The number of hydrogen-bond acceptors (Lipinski definition) is 0. The fourth-order valence-electron chi connectivity index (χ4n) is 1.99. The molecule has 0 unspecified atom stereocenters. The zero-order valence-corrected chi connectivity index (χ0v) is 9.72. The summed E-state index contributed by atoms with van der Waals surface area (Å²) in [5, 5.41) is 2.74. The summed E-state index contributed by atoms with van der Waals surface area (Å²) in [6, 6.07) is 13.0. The minimum Gasteiger partial charge on any atom is -0.127 e. The number of halogens is 1. The highest BCUT2D eigenvalue weighted by Crippen LogP contribution is 2.23. The first-order chi connectivity index (χ1) is 7.33. The Bertz CT molecular complexity index is 460. The Kier molecular flexibility index (Phi) is 3.27. The van der Waals surface area contributed by atoms with E-state index in [1.807, 2.05) is 0 Å². The molecular weight excluding hydrogens is 204 g/mol. The van der Waals surface area contributed by atoms with E-state index in [4.69, 9.17) is 11.6 Å². The van der Waals surface area contributed by atoms with Gasteiger partial charge in [-0.15, -0.1) is 11.6 Å². The third-order valence-corrected chi connectivity index (χ3v) is 3.08. The summed E-state index contributed by atoms with van der Waals surface area (Å²) in [7, 11) is 0. The number of hydrogen-bond donors (Lipinski definition) is 0. The van der Waals surface area contributed by atoms with E-state index in [-0.39, 0.29) is 0 Å². The Morgan fingerprint density at radius 2 is 1.73 bits per heavy atom. The molecule has 0 saturated heterocycles. The van der Waals surface area contributed by atoms with Crippen molar-refractivity contribution in [2.24, 2.45) is 0 Å². The zero-order valence-electron chi connectivity index (χ0n) is 8.96. The van der Waals surface area contributed by atoms with Gasteiger partial charge in [0.2, 0.25) is 0 Å². The second-order valence-electron chi connectivity index (χ2n) is 3.88. The standard InChI is InChI=1S/C14H15Cl/c1-11-8-9-12(5-4-10-15)14-7-3-2-6-13(11)14/h2-3,6-9H,4-5,10H2,1H3. The summed E-state index contributed by atoms with van der Waals surface area (Å²) in [6.07, 6.45) is 2.12. The molecule has 0 spiro atoms. The fraction of sp³-hybridized carbons (Fsp3) is 0.286. The Balaban J connectivity index is 2.51. The molecule has 0 amide bonds. The number of fused-ring (bicyclic) bond motifs is 1. The Morgan fingerprint density at radius 1 is 1.00 bits per heavy atom. The van der Waals surface area contributed by atoms with Crippen molar-refractivity contribution in [2.45, 2.75) is 19.8 Å². The van der Waals surface area contributed by atoms with Gasteiger partial charge in [-0.1, -0.05) is 36.4 Å². The van der Waals surface area contributed by atoms with Gasteiger partial charge in [0.15, 0.2) is 0 Å². The van der Waals surface area contributed by atoms with Crippen LogP contribution in [0, 0.1) is 6.92 Å². The predicted molar refractivity (Wildman–Crippen MR) is 67.7 cm³/mol. The summed E-state index contributed by atoms with van der Waals surface area (Å²) in [5.41, 5.74) is 2.76. The van der Waals surface area contributed by atoms with Gasteiger partial charge in [0.05, 0.1) is 0 Å². The maximum atomic E-state index is 5.73. The van der Waals surface area contributed by atoms with Crippen molar-refractivity contribution < 1.29 is 0 Å². The van der Waals surface area contributed by atoms with Crippen LogP contribution in [0.5, 0.6) is 0 Å². The van der Waals surface area contributed by atoms with E-state index in [1.165, 1.54) is 21.9 Å². The highest BCUT2D eigenvalue weighted by Gasteiger charge is 2.02. The molecule has 15 heavy (non-hydrogen) atoms. The lowest BCUT2D eigenvalue weighted by Crippen LogP contribution is -1.90. The molecule has 0 aromatic heterocycles. The second-order valence-corrected chi connectivity index (χ2v) is 4.26. The predicted octanol–water partition coefficient (Wildman–Crippen LogP) is 4.32. The lowest BCUT2D eigenvalue weighted by Gasteiger charge is -2.07. The monoisotopic (exact) mass is 218 g/mol. The molecule has 2 aromatic rings. The van der Waals surface area contributed by atoms with Gasteiger partial charge < -0.3 is 0 Å². The van der Waals surface area contributed by atoms with Crippen LogP contribution in [0.1, 0.15) is 17.5 Å². The van der Waals surface area contributed by atoms with Crippen LogP contribution in [-0.2, 0) is 6.42 Å². The molecule has 0 heterocycles. The normalized spacial score (nSPS) is 10.8. The van der Waals surface area contributed by atoms with Crippen LogP contribution in [0.3, 0.4) is 0 Å². The van der Waals surface area contributed by atoms with Gasteiger partial charge in [-0.25, -0.2) is 0 Å². The highest BCUT2D eigenvalue weighted by atomic mass is 35.5. The van der Waals surface area contributed by atoms with Crippen LogP contribution >= 0.6 is 11.6 Å². The number of rotatable bonds is 3. The molecule has 0 N–H and O–H groups in total. The van der Waals surface area contributed by atoms with Crippen molar-refractivity contribution in [3.8, 4) is 0 Å². The quantitative estimate of drug-likeness (QED) is 0.674. The molecule has 0 nitrogen and oxygen atoms in total. The maximum Gasteiger partial charge on any atom is 0.0226 e. The molecule has 0 bridgehead atoms. The molecule has 1 heteroatoms. The van der Waals surface area contributed by atoms with E-state index in [0.29, 0.717) is 0 Å². The summed E-state index contributed by atoms with van der Waals surface area (Å²) in [6.45, 7) is 2.16. The molecule has 0 aliphatic carbocycles. The first kappa shape index (κ1) is 10.5. The Labute approximate surface area is 95.9 Å². The van der Waals surface area contributed by atoms with E-state index < -0.39 is 0 Å². The first-order valence-corrected chi connectivity index (χ1v) is 5.89. The summed E-state index contributed by atoms with van der Waals surface area (Å²) >= 11 is 5.73. The van der Waals surface area contributed by atoms with Crippen LogP contribution in [0.15, 0.2) is 36.4 Å². The van der Waals surface area contributed by atoms with Crippen molar-refractivity contribution in [1.29, 1.82) is 0 Å². The Hall–Kier alpha value is -1.01. The van der Waals surface area contributed by atoms with Crippen molar-refractivity contribution in [2.75, 3.05) is 5.88 Å². The molecular formula is C14H15Cl. The average Bonchev–Trinajstić information content (AvgIpc) is 2.29. The van der Waals surface area contributed by atoms with Crippen LogP contribution in [0.2, 0.25) is 0 Å². The van der Waals surface area contributed by atoms with Crippen LogP contribution in [0.4, 0.5) is 0 Å². The lowest BCUT2D eigenvalue weighted by molar-refractivity contribution is 0.936. The average molecular weight is 219 g/mol. The van der Waals surface area contributed by atoms with Gasteiger partial charge in [0, 0.05) is 5.88 Å². The molecule has 0 aliphatic rings.